The number of hydrogen-bond acceptors (Lipinski definition) is 2. The number of aryl methyl sites for hydroxylation is 1. The van der Waals surface area contributed by atoms with E-state index in [-0.39, 0.29) is 12.5 Å². The van der Waals surface area contributed by atoms with Gasteiger partial charge < -0.3 is 19.9 Å². The molecule has 2 amide bonds. The molecular formula is C23H25N3O3. The van der Waals surface area contributed by atoms with Crippen molar-refractivity contribution >= 4 is 28.6 Å². The topological polar surface area (TPSA) is 74.6 Å². The zero-order valence-electron chi connectivity index (χ0n) is 16.7. The van der Waals surface area contributed by atoms with Gasteiger partial charge in [-0.3, -0.25) is 4.79 Å². The van der Waals surface area contributed by atoms with Crippen LogP contribution in [0.2, 0.25) is 0 Å². The van der Waals surface area contributed by atoms with Gasteiger partial charge in [-0.1, -0.05) is 30.3 Å². The summed E-state index contributed by atoms with van der Waals surface area (Å²) in [6, 6.07) is 13.9. The molecule has 2 N–H and O–H groups in total. The van der Waals surface area contributed by atoms with Crippen LogP contribution in [0.3, 0.4) is 0 Å². The molecule has 1 aliphatic rings. The molecule has 0 saturated heterocycles. The first-order valence-electron chi connectivity index (χ1n) is 9.88. The van der Waals surface area contributed by atoms with Crippen molar-refractivity contribution in [1.29, 1.82) is 0 Å². The predicted octanol–water partition coefficient (Wildman–Crippen LogP) is 3.98. The van der Waals surface area contributed by atoms with Gasteiger partial charge in [-0.2, -0.15) is 0 Å². The number of carboxylic acid groups (broad SMARTS) is 1. The summed E-state index contributed by atoms with van der Waals surface area (Å²) < 4.78 is 2.05. The van der Waals surface area contributed by atoms with Crippen molar-refractivity contribution in [3.05, 3.63) is 64.8 Å². The van der Waals surface area contributed by atoms with Gasteiger partial charge in [0.05, 0.1) is 0 Å². The van der Waals surface area contributed by atoms with Crippen molar-refractivity contribution in [2.75, 3.05) is 18.4 Å². The minimum Gasteiger partial charge on any atom is -0.465 e. The number of carbonyl (C=O) groups excluding carboxylic acids is 1. The number of anilines is 1. The highest BCUT2D eigenvalue weighted by atomic mass is 16.4. The first-order valence-corrected chi connectivity index (χ1v) is 9.88. The lowest BCUT2D eigenvalue weighted by Gasteiger charge is -2.16. The fraction of sp³-hybridized carbons (Fsp3) is 0.304. The molecule has 0 saturated carbocycles. The summed E-state index contributed by atoms with van der Waals surface area (Å²) >= 11 is 0. The Morgan fingerprint density at radius 3 is 2.59 bits per heavy atom. The Bertz CT molecular complexity index is 1100. The van der Waals surface area contributed by atoms with E-state index in [4.69, 9.17) is 0 Å². The van der Waals surface area contributed by atoms with Gasteiger partial charge in [0.2, 0.25) is 5.91 Å². The Morgan fingerprint density at radius 1 is 1.03 bits per heavy atom. The molecule has 3 aromatic rings. The van der Waals surface area contributed by atoms with Crippen LogP contribution in [0.4, 0.5) is 10.5 Å². The SMILES string of the molecule is Cc1cccc(NC(=O)Cn2c3c(c4ccccc42)CCN(C(=O)O)CC3)c1C. The third kappa shape index (κ3) is 3.58. The van der Waals surface area contributed by atoms with Gasteiger partial charge in [0.25, 0.3) is 0 Å². The number of para-hydroxylation sites is 1. The van der Waals surface area contributed by atoms with Crippen LogP contribution in [0.25, 0.3) is 10.9 Å². The molecule has 0 bridgehead atoms. The fourth-order valence-electron chi connectivity index (χ4n) is 4.18. The summed E-state index contributed by atoms with van der Waals surface area (Å²) in [7, 11) is 0. The summed E-state index contributed by atoms with van der Waals surface area (Å²) in [5, 5.41) is 13.5. The normalized spacial score (nSPS) is 13.8. The van der Waals surface area contributed by atoms with E-state index in [0.29, 0.717) is 25.9 Å². The Kier molecular flexibility index (Phi) is 5.01. The van der Waals surface area contributed by atoms with Crippen LogP contribution >= 0.6 is 0 Å². The summed E-state index contributed by atoms with van der Waals surface area (Å²) in [4.78, 5) is 25.8. The number of amides is 2. The second-order valence-corrected chi connectivity index (χ2v) is 7.59. The van der Waals surface area contributed by atoms with E-state index < -0.39 is 6.09 Å². The number of benzene rings is 2. The maximum absolute atomic E-state index is 12.9. The van der Waals surface area contributed by atoms with Gasteiger partial charge in [0.1, 0.15) is 6.54 Å². The van der Waals surface area contributed by atoms with Gasteiger partial charge >= 0.3 is 6.09 Å². The molecule has 4 rings (SSSR count). The van der Waals surface area contributed by atoms with Gasteiger partial charge in [0.15, 0.2) is 0 Å². The molecule has 1 aromatic heterocycles. The zero-order chi connectivity index (χ0) is 20.5. The lowest BCUT2D eigenvalue weighted by atomic mass is 10.1. The van der Waals surface area contributed by atoms with Crippen LogP contribution < -0.4 is 5.32 Å². The number of aromatic nitrogens is 1. The van der Waals surface area contributed by atoms with Crippen LogP contribution in [-0.4, -0.2) is 39.7 Å². The van der Waals surface area contributed by atoms with Crippen LogP contribution in [0.5, 0.6) is 0 Å². The Labute approximate surface area is 169 Å². The first kappa shape index (κ1) is 19.1. The van der Waals surface area contributed by atoms with Crippen LogP contribution in [-0.2, 0) is 24.2 Å². The summed E-state index contributed by atoms with van der Waals surface area (Å²) in [6.07, 6.45) is 0.375. The number of carbonyl (C=O) groups is 2. The maximum Gasteiger partial charge on any atom is 0.407 e. The van der Waals surface area contributed by atoms with E-state index in [1.807, 2.05) is 50.2 Å². The molecule has 2 heterocycles. The molecule has 0 atom stereocenters. The monoisotopic (exact) mass is 391 g/mol. The standard InChI is InChI=1S/C23H25N3O3/c1-15-6-5-8-19(16(15)2)24-22(27)14-26-20-9-4-3-7-17(20)18-10-12-25(23(28)29)13-11-21(18)26/h3-9H,10-14H2,1-2H3,(H,24,27)(H,28,29). The molecule has 0 radical (unpaired) electrons. The van der Waals surface area contributed by atoms with Gasteiger partial charge in [0, 0.05) is 41.8 Å². The largest absolute Gasteiger partial charge is 0.465 e. The molecule has 0 fully saturated rings. The molecule has 2 aromatic carbocycles. The minimum atomic E-state index is -0.890. The molecule has 0 unspecified atom stereocenters. The Morgan fingerprint density at radius 2 is 1.79 bits per heavy atom. The number of hydrogen-bond donors (Lipinski definition) is 2. The van der Waals surface area contributed by atoms with Crippen molar-refractivity contribution in [1.82, 2.24) is 9.47 Å². The average molecular weight is 391 g/mol. The zero-order valence-corrected chi connectivity index (χ0v) is 16.7. The molecule has 150 valence electrons. The lowest BCUT2D eigenvalue weighted by molar-refractivity contribution is -0.116. The second-order valence-electron chi connectivity index (χ2n) is 7.59. The van der Waals surface area contributed by atoms with E-state index >= 15 is 0 Å². The Hall–Kier alpha value is -3.28. The van der Waals surface area contributed by atoms with Crippen molar-refractivity contribution in [2.24, 2.45) is 0 Å². The first-order chi connectivity index (χ1) is 14.0. The molecule has 1 aliphatic heterocycles. The van der Waals surface area contributed by atoms with E-state index in [1.165, 1.54) is 4.90 Å². The van der Waals surface area contributed by atoms with Crippen molar-refractivity contribution in [2.45, 2.75) is 33.2 Å². The van der Waals surface area contributed by atoms with Crippen LogP contribution in [0, 0.1) is 13.8 Å². The summed E-state index contributed by atoms with van der Waals surface area (Å²) in [5.41, 5.74) is 6.27. The Balaban J connectivity index is 1.66. The number of nitrogens with zero attached hydrogens (tertiary/aromatic N) is 2. The van der Waals surface area contributed by atoms with Crippen LogP contribution in [0.1, 0.15) is 22.4 Å². The minimum absolute atomic E-state index is 0.0819. The molecule has 6 nitrogen and oxygen atoms in total. The number of rotatable bonds is 3. The quantitative estimate of drug-likeness (QED) is 0.709. The van der Waals surface area contributed by atoms with E-state index in [9.17, 15) is 14.7 Å². The van der Waals surface area contributed by atoms with Crippen molar-refractivity contribution in [3.63, 3.8) is 0 Å². The highest BCUT2D eigenvalue weighted by Gasteiger charge is 2.24. The highest BCUT2D eigenvalue weighted by Crippen LogP contribution is 2.29. The predicted molar refractivity (Wildman–Crippen MR) is 113 cm³/mol. The average Bonchev–Trinajstić information content (AvgIpc) is 2.85. The smallest absolute Gasteiger partial charge is 0.407 e. The molecule has 29 heavy (non-hydrogen) atoms. The summed E-state index contributed by atoms with van der Waals surface area (Å²) in [5.74, 6) is -0.0819. The van der Waals surface area contributed by atoms with Crippen molar-refractivity contribution in [3.8, 4) is 0 Å². The maximum atomic E-state index is 12.9. The van der Waals surface area contributed by atoms with E-state index in [2.05, 4.69) is 16.0 Å². The van der Waals surface area contributed by atoms with E-state index in [1.54, 1.807) is 0 Å². The highest BCUT2D eigenvalue weighted by molar-refractivity contribution is 5.94. The number of fused-ring (bicyclic) bond motifs is 3. The lowest BCUT2D eigenvalue weighted by Crippen LogP contribution is -2.32. The van der Waals surface area contributed by atoms with Gasteiger partial charge in [-0.25, -0.2) is 4.79 Å². The second kappa shape index (κ2) is 7.62. The van der Waals surface area contributed by atoms with E-state index in [0.717, 1.165) is 39.0 Å². The van der Waals surface area contributed by atoms with Crippen LogP contribution in [0.15, 0.2) is 42.5 Å². The molecule has 0 spiro atoms. The molecule has 0 aliphatic carbocycles. The summed E-state index contributed by atoms with van der Waals surface area (Å²) in [6.45, 7) is 5.15. The fourth-order valence-corrected chi connectivity index (χ4v) is 4.18. The third-order valence-corrected chi connectivity index (χ3v) is 5.90. The van der Waals surface area contributed by atoms with Crippen molar-refractivity contribution < 1.29 is 14.7 Å². The molecule has 6 heteroatoms. The number of nitrogens with one attached hydrogen (secondary N) is 1. The van der Waals surface area contributed by atoms with Gasteiger partial charge in [-0.15, -0.1) is 0 Å². The van der Waals surface area contributed by atoms with Gasteiger partial charge in [-0.05, 0) is 49.1 Å². The molecular weight excluding hydrogens is 366 g/mol. The third-order valence-electron chi connectivity index (χ3n) is 5.90.